The van der Waals surface area contributed by atoms with E-state index in [1.807, 2.05) is 24.1 Å². The van der Waals surface area contributed by atoms with E-state index in [1.54, 1.807) is 24.3 Å². The molecule has 0 fully saturated rings. The normalized spacial score (nSPS) is 11.9. The van der Waals surface area contributed by atoms with E-state index in [1.165, 1.54) is 25.4 Å². The van der Waals surface area contributed by atoms with Gasteiger partial charge in [-0.25, -0.2) is 12.7 Å². The molecule has 0 saturated heterocycles. The second kappa shape index (κ2) is 8.96. The van der Waals surface area contributed by atoms with Gasteiger partial charge in [-0.1, -0.05) is 29.8 Å². The molecule has 0 atom stereocenters. The van der Waals surface area contributed by atoms with E-state index in [2.05, 4.69) is 5.32 Å². The van der Waals surface area contributed by atoms with E-state index in [4.69, 9.17) is 11.6 Å². The molecule has 1 aromatic carbocycles. The molecule has 2 aromatic rings. The average Bonchev–Trinajstić information content (AvgIpc) is 2.97. The summed E-state index contributed by atoms with van der Waals surface area (Å²) in [5.41, 5.74) is 0.558. The average molecular weight is 416 g/mol. The number of halogens is 1. The van der Waals surface area contributed by atoms with Gasteiger partial charge in [-0.3, -0.25) is 9.69 Å². The van der Waals surface area contributed by atoms with Crippen LogP contribution in [0.2, 0.25) is 4.34 Å². The minimum atomic E-state index is -3.56. The van der Waals surface area contributed by atoms with Crippen LogP contribution >= 0.6 is 22.9 Å². The van der Waals surface area contributed by atoms with Gasteiger partial charge in [0.15, 0.2) is 0 Å². The molecule has 142 valence electrons. The first-order chi connectivity index (χ1) is 12.2. The Balaban J connectivity index is 1.95. The highest BCUT2D eigenvalue weighted by Gasteiger charge is 2.20. The van der Waals surface area contributed by atoms with Gasteiger partial charge in [-0.2, -0.15) is 0 Å². The number of benzene rings is 1. The summed E-state index contributed by atoms with van der Waals surface area (Å²) in [5, 5.41) is 2.79. The van der Waals surface area contributed by atoms with E-state index in [0.29, 0.717) is 12.1 Å². The lowest BCUT2D eigenvalue weighted by molar-refractivity contribution is -0.122. The number of carbonyl (C=O) groups is 1. The fourth-order valence-electron chi connectivity index (χ4n) is 2.35. The van der Waals surface area contributed by atoms with Crippen LogP contribution in [0.25, 0.3) is 0 Å². The van der Waals surface area contributed by atoms with E-state index < -0.39 is 10.0 Å². The van der Waals surface area contributed by atoms with Gasteiger partial charge in [0.25, 0.3) is 0 Å². The van der Waals surface area contributed by atoms with Gasteiger partial charge in [-0.05, 0) is 30.8 Å². The number of carbonyl (C=O) groups excluding carboxylic acids is 1. The van der Waals surface area contributed by atoms with Gasteiger partial charge in [-0.15, -0.1) is 11.3 Å². The molecule has 2 rings (SSSR count). The van der Waals surface area contributed by atoms with Gasteiger partial charge in [0, 0.05) is 32.1 Å². The molecule has 0 bridgehead atoms. The highest BCUT2D eigenvalue weighted by molar-refractivity contribution is 7.89. The van der Waals surface area contributed by atoms with Crippen LogP contribution in [0.1, 0.15) is 10.4 Å². The first-order valence-corrected chi connectivity index (χ1v) is 10.5. The fourth-order valence-corrected chi connectivity index (χ4v) is 4.64. The van der Waals surface area contributed by atoms with Crippen molar-refractivity contribution in [2.75, 3.05) is 27.7 Å². The van der Waals surface area contributed by atoms with Crippen molar-refractivity contribution in [2.24, 2.45) is 0 Å². The van der Waals surface area contributed by atoms with Gasteiger partial charge in [0.2, 0.25) is 15.9 Å². The molecular formula is C17H22ClN3O3S2. The lowest BCUT2D eigenvalue weighted by Gasteiger charge is -2.17. The Bertz CT molecular complexity index is 866. The molecule has 0 aliphatic heterocycles. The van der Waals surface area contributed by atoms with Crippen molar-refractivity contribution < 1.29 is 13.2 Å². The summed E-state index contributed by atoms with van der Waals surface area (Å²) in [6.45, 7) is 0.981. The quantitative estimate of drug-likeness (QED) is 0.718. The van der Waals surface area contributed by atoms with Crippen LogP contribution < -0.4 is 5.32 Å². The van der Waals surface area contributed by atoms with Crippen molar-refractivity contribution in [1.82, 2.24) is 14.5 Å². The number of nitrogens with one attached hydrogen (secondary N) is 1. The molecule has 0 unspecified atom stereocenters. The highest BCUT2D eigenvalue weighted by Crippen LogP contribution is 2.22. The second-order valence-corrected chi connectivity index (χ2v) is 9.97. The molecule has 1 amide bonds. The lowest BCUT2D eigenvalue weighted by Crippen LogP contribution is -2.35. The van der Waals surface area contributed by atoms with E-state index in [0.717, 1.165) is 13.5 Å². The molecule has 1 N–H and O–H groups in total. The number of thiophene rings is 1. The standard InChI is InChI=1S/C17H22ClN3O3S2/c1-20(2)26(23,24)15-7-5-4-6-13(15)10-19-17(22)12-21(3)11-14-8-9-16(18)25-14/h4-9H,10-12H2,1-3H3,(H,19,22). The highest BCUT2D eigenvalue weighted by atomic mass is 35.5. The smallest absolute Gasteiger partial charge is 0.242 e. The third-order valence-corrected chi connectivity index (χ3v) is 6.81. The molecule has 0 saturated carbocycles. The molecule has 0 radical (unpaired) electrons. The summed E-state index contributed by atoms with van der Waals surface area (Å²) in [5.74, 6) is -0.174. The predicted octanol–water partition coefficient (Wildman–Crippen LogP) is 2.40. The Morgan fingerprint density at radius 3 is 2.46 bits per heavy atom. The summed E-state index contributed by atoms with van der Waals surface area (Å²) in [6, 6.07) is 10.4. The Labute approximate surface area is 163 Å². The van der Waals surface area contributed by atoms with Crippen LogP contribution in [-0.4, -0.2) is 51.2 Å². The molecule has 9 heteroatoms. The molecule has 1 aromatic heterocycles. The number of likely N-dealkylation sites (N-methyl/N-ethyl adjacent to an activating group) is 1. The maximum atomic E-state index is 12.4. The van der Waals surface area contributed by atoms with Crippen LogP contribution in [0.15, 0.2) is 41.3 Å². The Kier molecular flexibility index (Phi) is 7.19. The van der Waals surface area contributed by atoms with E-state index in [9.17, 15) is 13.2 Å². The molecular weight excluding hydrogens is 394 g/mol. The van der Waals surface area contributed by atoms with E-state index >= 15 is 0 Å². The summed E-state index contributed by atoms with van der Waals surface area (Å²) in [4.78, 5) is 15.3. The van der Waals surface area contributed by atoms with Crippen molar-refractivity contribution in [1.29, 1.82) is 0 Å². The Morgan fingerprint density at radius 1 is 1.15 bits per heavy atom. The monoisotopic (exact) mass is 415 g/mol. The maximum absolute atomic E-state index is 12.4. The van der Waals surface area contributed by atoms with E-state index in [-0.39, 0.29) is 23.9 Å². The zero-order valence-electron chi connectivity index (χ0n) is 14.9. The first-order valence-electron chi connectivity index (χ1n) is 7.90. The zero-order valence-corrected chi connectivity index (χ0v) is 17.3. The van der Waals surface area contributed by atoms with Gasteiger partial charge in [0.05, 0.1) is 15.8 Å². The van der Waals surface area contributed by atoms with Crippen molar-refractivity contribution in [2.45, 2.75) is 18.0 Å². The first kappa shape index (κ1) is 20.9. The molecule has 26 heavy (non-hydrogen) atoms. The molecule has 6 nitrogen and oxygen atoms in total. The molecule has 0 spiro atoms. The number of nitrogens with zero attached hydrogens (tertiary/aromatic N) is 2. The number of hydrogen-bond acceptors (Lipinski definition) is 5. The van der Waals surface area contributed by atoms with Crippen LogP contribution in [0.5, 0.6) is 0 Å². The SMILES string of the molecule is CN(CC(=O)NCc1ccccc1S(=O)(=O)N(C)C)Cc1ccc(Cl)s1. The molecule has 0 aliphatic carbocycles. The minimum absolute atomic E-state index is 0.154. The predicted molar refractivity (Wildman–Crippen MR) is 105 cm³/mol. The Morgan fingerprint density at radius 2 is 1.85 bits per heavy atom. The van der Waals surface area contributed by atoms with Gasteiger partial charge in [0.1, 0.15) is 0 Å². The van der Waals surface area contributed by atoms with Gasteiger partial charge >= 0.3 is 0 Å². The third-order valence-electron chi connectivity index (χ3n) is 3.68. The number of hydrogen-bond donors (Lipinski definition) is 1. The van der Waals surface area contributed by atoms with Crippen LogP contribution in [0.4, 0.5) is 0 Å². The summed E-state index contributed by atoms with van der Waals surface area (Å²) >= 11 is 7.39. The van der Waals surface area contributed by atoms with Crippen molar-refractivity contribution in [3.05, 3.63) is 51.2 Å². The summed E-state index contributed by atoms with van der Waals surface area (Å²) < 4.78 is 26.6. The van der Waals surface area contributed by atoms with Crippen LogP contribution in [-0.2, 0) is 27.9 Å². The number of sulfonamides is 1. The van der Waals surface area contributed by atoms with Crippen molar-refractivity contribution in [3.8, 4) is 0 Å². The van der Waals surface area contributed by atoms with Crippen LogP contribution in [0, 0.1) is 0 Å². The minimum Gasteiger partial charge on any atom is -0.351 e. The maximum Gasteiger partial charge on any atom is 0.242 e. The molecule has 0 aliphatic rings. The van der Waals surface area contributed by atoms with Crippen molar-refractivity contribution in [3.63, 3.8) is 0 Å². The largest absolute Gasteiger partial charge is 0.351 e. The van der Waals surface area contributed by atoms with Crippen molar-refractivity contribution >= 4 is 38.9 Å². The second-order valence-electron chi connectivity index (χ2n) is 6.05. The zero-order chi connectivity index (χ0) is 19.3. The summed E-state index contributed by atoms with van der Waals surface area (Å²) in [6.07, 6.45) is 0. The number of rotatable bonds is 8. The summed E-state index contributed by atoms with van der Waals surface area (Å²) in [7, 11) is 1.25. The lowest BCUT2D eigenvalue weighted by atomic mass is 10.2. The van der Waals surface area contributed by atoms with Gasteiger partial charge < -0.3 is 5.32 Å². The van der Waals surface area contributed by atoms with Crippen LogP contribution in [0.3, 0.4) is 0 Å². The topological polar surface area (TPSA) is 69.7 Å². The number of amides is 1. The Hall–Kier alpha value is -1.45. The molecule has 1 heterocycles. The third kappa shape index (κ3) is 5.52. The fraction of sp³-hybridized carbons (Fsp3) is 0.353.